The van der Waals surface area contributed by atoms with Crippen molar-refractivity contribution in [3.8, 4) is 11.5 Å². The van der Waals surface area contributed by atoms with Gasteiger partial charge in [-0.25, -0.2) is 4.79 Å². The maximum absolute atomic E-state index is 12.1. The van der Waals surface area contributed by atoms with E-state index in [9.17, 15) is 30.3 Å². The lowest BCUT2D eigenvalue weighted by molar-refractivity contribution is -0.277. The third-order valence-electron chi connectivity index (χ3n) is 4.03. The fourth-order valence-electron chi connectivity index (χ4n) is 2.78. The predicted octanol–water partition coefficient (Wildman–Crippen LogP) is -1.01. The van der Waals surface area contributed by atoms with Crippen LogP contribution in [0.1, 0.15) is 5.76 Å². The average Bonchev–Trinajstić information content (AvgIpc) is 2.54. The molecule has 1 aromatic heterocycles. The molecule has 1 aliphatic heterocycles. The number of aryl methyl sites for hydroxylation is 1. The van der Waals surface area contributed by atoms with Gasteiger partial charge < -0.3 is 39.4 Å². The second-order valence-electron chi connectivity index (χ2n) is 5.87. The van der Waals surface area contributed by atoms with E-state index in [4.69, 9.17) is 13.9 Å². The molecule has 0 bridgehead atoms. The Kier molecular flexibility index (Phi) is 4.67. The molecule has 1 aromatic carbocycles. The van der Waals surface area contributed by atoms with Gasteiger partial charge in [-0.15, -0.1) is 0 Å². The Hall–Kier alpha value is -2.17. The van der Waals surface area contributed by atoms with Gasteiger partial charge in [0.05, 0.1) is 6.61 Å². The minimum atomic E-state index is -1.65. The summed E-state index contributed by atoms with van der Waals surface area (Å²) < 4.78 is 15.7. The molecule has 0 spiro atoms. The number of aliphatic hydroxyl groups excluding tert-OH is 4. The number of benzene rings is 1. The van der Waals surface area contributed by atoms with E-state index in [2.05, 4.69) is 0 Å². The second-order valence-corrected chi connectivity index (χ2v) is 5.87. The van der Waals surface area contributed by atoms with Crippen molar-refractivity contribution in [1.82, 2.24) is 0 Å². The average molecular weight is 354 g/mol. The van der Waals surface area contributed by atoms with Crippen LogP contribution in [0.4, 0.5) is 0 Å². The largest absolute Gasteiger partial charge is 0.508 e. The van der Waals surface area contributed by atoms with Gasteiger partial charge in [-0.3, -0.25) is 0 Å². The van der Waals surface area contributed by atoms with Gasteiger partial charge in [0.1, 0.15) is 47.1 Å². The molecule has 0 amide bonds. The fourth-order valence-corrected chi connectivity index (χ4v) is 2.78. The van der Waals surface area contributed by atoms with Crippen LogP contribution in [0.2, 0.25) is 0 Å². The smallest absolute Gasteiger partial charge is 0.347 e. The molecule has 1 aliphatic rings. The topological polar surface area (TPSA) is 150 Å². The fraction of sp³-hybridized carbons (Fsp3) is 0.438. The van der Waals surface area contributed by atoms with Gasteiger partial charge in [0, 0.05) is 6.07 Å². The van der Waals surface area contributed by atoms with E-state index >= 15 is 0 Å². The van der Waals surface area contributed by atoms with Crippen molar-refractivity contribution < 1.29 is 39.4 Å². The summed E-state index contributed by atoms with van der Waals surface area (Å²) in [5.41, 5.74) is -0.713. The molecule has 0 radical (unpaired) electrons. The minimum absolute atomic E-state index is 0.0142. The Morgan fingerprint density at radius 3 is 2.52 bits per heavy atom. The number of rotatable bonds is 3. The van der Waals surface area contributed by atoms with E-state index in [0.29, 0.717) is 11.1 Å². The SMILES string of the molecule is Cc1cc2cc(O)cc(O[C@H]3O[C@@H](CO)[C@H](O)[C@H](O)[C@@H]3O)c2c(=O)o1. The first-order chi connectivity index (χ1) is 11.8. The highest BCUT2D eigenvalue weighted by Gasteiger charge is 2.44. The second kappa shape index (κ2) is 6.62. The van der Waals surface area contributed by atoms with Crippen molar-refractivity contribution in [3.63, 3.8) is 0 Å². The molecule has 136 valence electrons. The first-order valence-electron chi connectivity index (χ1n) is 7.56. The minimum Gasteiger partial charge on any atom is -0.508 e. The van der Waals surface area contributed by atoms with Crippen LogP contribution in [-0.4, -0.2) is 62.8 Å². The van der Waals surface area contributed by atoms with Crippen molar-refractivity contribution in [2.24, 2.45) is 0 Å². The van der Waals surface area contributed by atoms with Crippen LogP contribution in [0.15, 0.2) is 27.4 Å². The van der Waals surface area contributed by atoms with Crippen LogP contribution in [0.5, 0.6) is 11.5 Å². The van der Waals surface area contributed by atoms with E-state index in [1.165, 1.54) is 12.1 Å². The quantitative estimate of drug-likeness (QED) is 0.467. The molecule has 0 aliphatic carbocycles. The number of ether oxygens (including phenoxy) is 2. The maximum Gasteiger partial charge on any atom is 0.347 e. The van der Waals surface area contributed by atoms with E-state index in [1.807, 2.05) is 0 Å². The Morgan fingerprint density at radius 2 is 1.84 bits per heavy atom. The molecule has 0 saturated carbocycles. The lowest BCUT2D eigenvalue weighted by Gasteiger charge is -2.39. The lowest BCUT2D eigenvalue weighted by Crippen LogP contribution is -2.60. The molecule has 9 nitrogen and oxygen atoms in total. The normalized spacial score (nSPS) is 29.7. The monoisotopic (exact) mass is 354 g/mol. The third kappa shape index (κ3) is 3.20. The van der Waals surface area contributed by atoms with Crippen LogP contribution in [-0.2, 0) is 4.74 Å². The Bertz CT molecular complexity index is 823. The molecule has 3 rings (SSSR count). The molecule has 1 saturated heterocycles. The molecule has 2 heterocycles. The van der Waals surface area contributed by atoms with Crippen LogP contribution in [0.3, 0.4) is 0 Å². The lowest BCUT2D eigenvalue weighted by atomic mass is 9.99. The van der Waals surface area contributed by atoms with Gasteiger partial charge in [-0.05, 0) is 24.4 Å². The van der Waals surface area contributed by atoms with E-state index in [1.54, 1.807) is 6.92 Å². The Morgan fingerprint density at radius 1 is 1.12 bits per heavy atom. The summed E-state index contributed by atoms with van der Waals surface area (Å²) in [4.78, 5) is 12.1. The van der Waals surface area contributed by atoms with Crippen molar-refractivity contribution in [1.29, 1.82) is 0 Å². The molecule has 5 N–H and O–H groups in total. The number of fused-ring (bicyclic) bond motifs is 1. The molecule has 1 fully saturated rings. The third-order valence-corrected chi connectivity index (χ3v) is 4.03. The molecule has 5 atom stereocenters. The van der Waals surface area contributed by atoms with Crippen LogP contribution >= 0.6 is 0 Å². The van der Waals surface area contributed by atoms with Gasteiger partial charge in [0.2, 0.25) is 6.29 Å². The number of hydrogen-bond acceptors (Lipinski definition) is 9. The highest BCUT2D eigenvalue weighted by molar-refractivity contribution is 5.88. The van der Waals surface area contributed by atoms with Gasteiger partial charge in [-0.1, -0.05) is 0 Å². The number of phenols is 1. The zero-order valence-electron chi connectivity index (χ0n) is 13.2. The maximum atomic E-state index is 12.1. The summed E-state index contributed by atoms with van der Waals surface area (Å²) in [6.45, 7) is 0.954. The molecule has 9 heteroatoms. The summed E-state index contributed by atoms with van der Waals surface area (Å²) in [6, 6.07) is 4.01. The summed E-state index contributed by atoms with van der Waals surface area (Å²) >= 11 is 0. The number of aliphatic hydroxyl groups is 4. The summed E-state index contributed by atoms with van der Waals surface area (Å²) in [7, 11) is 0. The Labute approximate surface area is 141 Å². The van der Waals surface area contributed by atoms with Gasteiger partial charge >= 0.3 is 5.63 Å². The zero-order chi connectivity index (χ0) is 18.3. The molecular formula is C16H18O9. The first-order valence-corrected chi connectivity index (χ1v) is 7.56. The van der Waals surface area contributed by atoms with Crippen LogP contribution in [0, 0.1) is 6.92 Å². The summed E-state index contributed by atoms with van der Waals surface area (Å²) in [6.07, 6.45) is -7.45. The molecule has 0 unspecified atom stereocenters. The number of aromatic hydroxyl groups is 1. The van der Waals surface area contributed by atoms with Gasteiger partial charge in [0.15, 0.2) is 0 Å². The van der Waals surface area contributed by atoms with E-state index in [-0.39, 0.29) is 16.9 Å². The summed E-state index contributed by atoms with van der Waals surface area (Å²) in [5, 5.41) is 49.0. The zero-order valence-corrected chi connectivity index (χ0v) is 13.2. The van der Waals surface area contributed by atoms with Gasteiger partial charge in [0.25, 0.3) is 0 Å². The standard InChI is InChI=1S/C16H18O9/c1-6-2-7-3-8(18)4-9(11(7)15(22)23-6)24-16-14(21)13(20)12(19)10(5-17)25-16/h2-4,10,12-14,16-21H,5H2,1H3/t10-,12-,13-,14-,16-/m0/s1. The van der Waals surface area contributed by atoms with Gasteiger partial charge in [-0.2, -0.15) is 0 Å². The molecular weight excluding hydrogens is 336 g/mol. The van der Waals surface area contributed by atoms with Crippen molar-refractivity contribution >= 4 is 10.8 Å². The molecule has 25 heavy (non-hydrogen) atoms. The highest BCUT2D eigenvalue weighted by atomic mass is 16.7. The Balaban J connectivity index is 2.01. The van der Waals surface area contributed by atoms with Crippen molar-refractivity contribution in [2.75, 3.05) is 6.61 Å². The van der Waals surface area contributed by atoms with Crippen LogP contribution < -0.4 is 10.4 Å². The number of phenolic OH excluding ortho intramolecular Hbond substituents is 1. The predicted molar refractivity (Wildman–Crippen MR) is 83.3 cm³/mol. The van der Waals surface area contributed by atoms with Crippen molar-refractivity contribution in [2.45, 2.75) is 37.6 Å². The van der Waals surface area contributed by atoms with E-state index < -0.39 is 42.9 Å². The highest BCUT2D eigenvalue weighted by Crippen LogP contribution is 2.32. The summed E-state index contributed by atoms with van der Waals surface area (Å²) in [5.74, 6) is 0.00654. The van der Waals surface area contributed by atoms with Crippen molar-refractivity contribution in [3.05, 3.63) is 34.4 Å². The number of hydrogen-bond donors (Lipinski definition) is 5. The van der Waals surface area contributed by atoms with E-state index in [0.717, 1.165) is 6.07 Å². The first kappa shape index (κ1) is 17.6. The van der Waals surface area contributed by atoms with Crippen LogP contribution in [0.25, 0.3) is 10.8 Å². The molecule has 2 aromatic rings.